The normalized spacial score (nSPS) is 14.9. The van der Waals surface area contributed by atoms with Crippen LogP contribution in [0, 0.1) is 0 Å². The molecule has 0 spiro atoms. The molecule has 2 unspecified atom stereocenters. The van der Waals surface area contributed by atoms with Crippen molar-refractivity contribution in [2.75, 3.05) is 7.11 Å². The zero-order valence-electron chi connectivity index (χ0n) is 8.07. The number of rotatable bonds is 3. The molecule has 0 aromatic carbocycles. The molecule has 1 aromatic rings. The highest BCUT2D eigenvalue weighted by atomic mass is 35.5. The highest BCUT2D eigenvalue weighted by Crippen LogP contribution is 2.26. The minimum Gasteiger partial charge on any atom is -0.481 e. The monoisotopic (exact) mass is 216 g/mol. The van der Waals surface area contributed by atoms with Gasteiger partial charge in [-0.1, -0.05) is 11.6 Å². The molecule has 1 aromatic heterocycles. The lowest BCUT2D eigenvalue weighted by molar-refractivity contribution is 0.153. The minimum absolute atomic E-state index is 0.385. The van der Waals surface area contributed by atoms with E-state index in [1.54, 1.807) is 13.0 Å². The van der Waals surface area contributed by atoms with Crippen LogP contribution in [0.15, 0.2) is 12.3 Å². The van der Waals surface area contributed by atoms with Crippen molar-refractivity contribution in [2.45, 2.75) is 19.1 Å². The molecular weight excluding hydrogens is 204 g/mol. The average Bonchev–Trinajstić information content (AvgIpc) is 2.17. The molecule has 78 valence electrons. The summed E-state index contributed by atoms with van der Waals surface area (Å²) >= 11 is 5.86. The number of methoxy groups -OCH3 is 1. The molecule has 0 aliphatic rings. The van der Waals surface area contributed by atoms with Crippen molar-refractivity contribution >= 4 is 11.6 Å². The number of nitrogens with zero attached hydrogens (tertiary/aromatic N) is 1. The smallest absolute Gasteiger partial charge is 0.213 e. The van der Waals surface area contributed by atoms with Crippen LogP contribution in [0.1, 0.15) is 18.6 Å². The third kappa shape index (κ3) is 2.35. The number of aromatic nitrogens is 1. The van der Waals surface area contributed by atoms with Gasteiger partial charge < -0.3 is 15.6 Å². The molecule has 14 heavy (non-hydrogen) atoms. The van der Waals surface area contributed by atoms with E-state index in [0.717, 1.165) is 0 Å². The highest BCUT2D eigenvalue weighted by molar-refractivity contribution is 6.31. The Morgan fingerprint density at radius 1 is 1.64 bits per heavy atom. The summed E-state index contributed by atoms with van der Waals surface area (Å²) in [5.74, 6) is 0.407. The van der Waals surface area contributed by atoms with E-state index in [9.17, 15) is 5.11 Å². The lowest BCUT2D eigenvalue weighted by Gasteiger charge is -2.16. The molecule has 0 aliphatic carbocycles. The van der Waals surface area contributed by atoms with Crippen molar-refractivity contribution in [3.8, 4) is 5.88 Å². The van der Waals surface area contributed by atoms with Crippen molar-refractivity contribution in [1.82, 2.24) is 4.98 Å². The predicted molar refractivity (Wildman–Crippen MR) is 54.4 cm³/mol. The van der Waals surface area contributed by atoms with Gasteiger partial charge in [0.25, 0.3) is 0 Å². The maximum atomic E-state index is 9.71. The molecule has 5 heteroatoms. The van der Waals surface area contributed by atoms with Gasteiger partial charge in [0, 0.05) is 23.9 Å². The third-order valence-electron chi connectivity index (χ3n) is 1.89. The quantitative estimate of drug-likeness (QED) is 0.795. The maximum absolute atomic E-state index is 9.71. The summed E-state index contributed by atoms with van der Waals surface area (Å²) in [6.45, 7) is 1.70. The molecule has 3 N–H and O–H groups in total. The van der Waals surface area contributed by atoms with Crippen LogP contribution in [0.4, 0.5) is 0 Å². The molecule has 0 radical (unpaired) electrons. The lowest BCUT2D eigenvalue weighted by atomic mass is 10.1. The van der Waals surface area contributed by atoms with Crippen molar-refractivity contribution in [3.63, 3.8) is 0 Å². The van der Waals surface area contributed by atoms with Gasteiger partial charge in [0.2, 0.25) is 5.88 Å². The number of halogens is 1. The largest absolute Gasteiger partial charge is 0.481 e. The summed E-state index contributed by atoms with van der Waals surface area (Å²) in [5.41, 5.74) is 6.09. The summed E-state index contributed by atoms with van der Waals surface area (Å²) in [5, 5.41) is 10.1. The van der Waals surface area contributed by atoms with E-state index in [4.69, 9.17) is 22.1 Å². The molecule has 0 amide bonds. The first kappa shape index (κ1) is 11.2. The van der Waals surface area contributed by atoms with Gasteiger partial charge in [-0.3, -0.25) is 0 Å². The number of ether oxygens (including phenoxy) is 1. The van der Waals surface area contributed by atoms with E-state index >= 15 is 0 Å². The van der Waals surface area contributed by atoms with Crippen molar-refractivity contribution in [3.05, 3.63) is 22.8 Å². The molecule has 4 nitrogen and oxygen atoms in total. The second kappa shape index (κ2) is 4.59. The second-order valence-electron chi connectivity index (χ2n) is 3.05. The van der Waals surface area contributed by atoms with Crippen molar-refractivity contribution in [2.24, 2.45) is 5.73 Å². The molecule has 0 fully saturated rings. The van der Waals surface area contributed by atoms with E-state index < -0.39 is 6.10 Å². The van der Waals surface area contributed by atoms with Crippen molar-refractivity contribution in [1.29, 1.82) is 0 Å². The van der Waals surface area contributed by atoms with E-state index in [0.29, 0.717) is 16.5 Å². The first-order chi connectivity index (χ1) is 6.56. The number of nitrogens with two attached hydrogens (primary N) is 1. The standard InChI is InChI=1S/C9H13ClN2O2/c1-5(11)9(13)6-3-8(14-2)12-4-7(6)10/h3-5,9,13H,11H2,1-2H3. The molecule has 1 rings (SSSR count). The first-order valence-electron chi connectivity index (χ1n) is 4.19. The first-order valence-corrected chi connectivity index (χ1v) is 4.57. The van der Waals surface area contributed by atoms with Gasteiger partial charge in [-0.05, 0) is 6.92 Å². The van der Waals surface area contributed by atoms with E-state index in [-0.39, 0.29) is 6.04 Å². The SMILES string of the molecule is COc1cc(C(O)C(C)N)c(Cl)cn1. The van der Waals surface area contributed by atoms with Gasteiger partial charge in [0.1, 0.15) is 0 Å². The van der Waals surface area contributed by atoms with Crippen LogP contribution >= 0.6 is 11.6 Å². The Balaban J connectivity index is 3.05. The Morgan fingerprint density at radius 3 is 2.79 bits per heavy atom. The van der Waals surface area contributed by atoms with E-state index in [2.05, 4.69) is 4.98 Å². The van der Waals surface area contributed by atoms with Gasteiger partial charge in [0.05, 0.1) is 18.2 Å². The number of pyridine rings is 1. The zero-order valence-corrected chi connectivity index (χ0v) is 8.82. The number of hydrogen-bond donors (Lipinski definition) is 2. The van der Waals surface area contributed by atoms with E-state index in [1.165, 1.54) is 13.3 Å². The van der Waals surface area contributed by atoms with E-state index in [1.807, 2.05) is 0 Å². The Kier molecular flexibility index (Phi) is 3.69. The molecule has 1 heterocycles. The van der Waals surface area contributed by atoms with Gasteiger partial charge in [-0.2, -0.15) is 0 Å². The Labute approximate surface area is 87.7 Å². The summed E-state index contributed by atoms with van der Waals surface area (Å²) in [4.78, 5) is 3.89. The van der Waals surface area contributed by atoms with Crippen molar-refractivity contribution < 1.29 is 9.84 Å². The summed E-state index contributed by atoms with van der Waals surface area (Å²) in [6, 6.07) is 1.19. The highest BCUT2D eigenvalue weighted by Gasteiger charge is 2.16. The predicted octanol–water partition coefficient (Wildman–Crippen LogP) is 1.12. The molecule has 0 aliphatic heterocycles. The summed E-state index contributed by atoms with van der Waals surface area (Å²) < 4.78 is 4.92. The van der Waals surface area contributed by atoms with Crippen LogP contribution in [0.5, 0.6) is 5.88 Å². The van der Waals surface area contributed by atoms with Gasteiger partial charge in [-0.25, -0.2) is 4.98 Å². The molecule has 0 bridgehead atoms. The number of aliphatic hydroxyl groups is 1. The zero-order chi connectivity index (χ0) is 10.7. The fraction of sp³-hybridized carbons (Fsp3) is 0.444. The second-order valence-corrected chi connectivity index (χ2v) is 3.46. The van der Waals surface area contributed by atoms with Gasteiger partial charge in [-0.15, -0.1) is 0 Å². The van der Waals surface area contributed by atoms with Gasteiger partial charge >= 0.3 is 0 Å². The average molecular weight is 217 g/mol. The maximum Gasteiger partial charge on any atom is 0.213 e. The number of aliphatic hydroxyl groups excluding tert-OH is 1. The Bertz CT molecular complexity index is 318. The molecular formula is C9H13ClN2O2. The van der Waals surface area contributed by atoms with Crippen LogP contribution in [0.3, 0.4) is 0 Å². The molecule has 0 saturated carbocycles. The molecule has 0 saturated heterocycles. The number of hydrogen-bond acceptors (Lipinski definition) is 4. The fourth-order valence-corrected chi connectivity index (χ4v) is 1.27. The van der Waals surface area contributed by atoms with Gasteiger partial charge in [0.15, 0.2) is 0 Å². The molecule has 2 atom stereocenters. The Morgan fingerprint density at radius 2 is 2.29 bits per heavy atom. The van der Waals surface area contributed by atoms with Crippen LogP contribution < -0.4 is 10.5 Å². The minimum atomic E-state index is -0.806. The summed E-state index contributed by atoms with van der Waals surface area (Å²) in [7, 11) is 1.50. The van der Waals surface area contributed by atoms with Crippen LogP contribution in [-0.2, 0) is 0 Å². The van der Waals surface area contributed by atoms with Crippen LogP contribution in [-0.4, -0.2) is 23.2 Å². The Hall–Kier alpha value is -0.840. The third-order valence-corrected chi connectivity index (χ3v) is 2.20. The van der Waals surface area contributed by atoms with Crippen LogP contribution in [0.25, 0.3) is 0 Å². The fourth-order valence-electron chi connectivity index (χ4n) is 1.06. The lowest BCUT2D eigenvalue weighted by Crippen LogP contribution is -2.24. The van der Waals surface area contributed by atoms with Crippen LogP contribution in [0.2, 0.25) is 5.02 Å². The summed E-state index contributed by atoms with van der Waals surface area (Å²) in [6.07, 6.45) is 0.626. The topological polar surface area (TPSA) is 68.4 Å².